The molecule has 0 amide bonds. The predicted molar refractivity (Wildman–Crippen MR) is 69.0 cm³/mol. The van der Waals surface area contributed by atoms with E-state index in [4.69, 9.17) is 28.9 Å². The van der Waals surface area contributed by atoms with Crippen LogP contribution < -0.4 is 11.1 Å². The highest BCUT2D eigenvalue weighted by Crippen LogP contribution is 2.37. The van der Waals surface area contributed by atoms with Crippen LogP contribution in [0.25, 0.3) is 0 Å². The number of anilines is 2. The second-order valence-corrected chi connectivity index (χ2v) is 5.20. The monoisotopic (exact) mass is 259 g/mol. The lowest BCUT2D eigenvalue weighted by molar-refractivity contribution is 0.536. The Morgan fingerprint density at radius 2 is 2.19 bits per heavy atom. The fourth-order valence-electron chi connectivity index (χ4n) is 1.69. The standard InChI is InChI=1S/C11H15Cl2N3/c1-6(7-2-3-7)5-15-11-9(13)4-8(12)10(14)16-11/h4,6-7H,2-3,5H2,1H3,(H3,14,15,16). The molecule has 3 nitrogen and oxygen atoms in total. The number of hydrogen-bond donors (Lipinski definition) is 2. The first-order valence-corrected chi connectivity index (χ1v) is 6.19. The molecule has 0 aromatic carbocycles. The maximum atomic E-state index is 6.02. The van der Waals surface area contributed by atoms with Crippen LogP contribution in [0.15, 0.2) is 6.07 Å². The summed E-state index contributed by atoms with van der Waals surface area (Å²) in [6, 6.07) is 1.62. The maximum Gasteiger partial charge on any atom is 0.147 e. The van der Waals surface area contributed by atoms with Gasteiger partial charge in [0, 0.05) is 6.54 Å². The van der Waals surface area contributed by atoms with E-state index in [0.29, 0.717) is 27.6 Å². The van der Waals surface area contributed by atoms with Crippen molar-refractivity contribution in [2.45, 2.75) is 19.8 Å². The molecule has 1 aliphatic rings. The van der Waals surface area contributed by atoms with E-state index < -0.39 is 0 Å². The summed E-state index contributed by atoms with van der Waals surface area (Å²) >= 11 is 11.8. The first kappa shape index (κ1) is 11.8. The summed E-state index contributed by atoms with van der Waals surface area (Å²) in [5.41, 5.74) is 5.63. The van der Waals surface area contributed by atoms with Crippen molar-refractivity contribution in [1.82, 2.24) is 4.98 Å². The van der Waals surface area contributed by atoms with Crippen LogP contribution in [0.4, 0.5) is 11.6 Å². The minimum Gasteiger partial charge on any atom is -0.382 e. The minimum absolute atomic E-state index is 0.313. The van der Waals surface area contributed by atoms with Gasteiger partial charge in [0.15, 0.2) is 0 Å². The van der Waals surface area contributed by atoms with E-state index >= 15 is 0 Å². The largest absolute Gasteiger partial charge is 0.382 e. The van der Waals surface area contributed by atoms with Crippen LogP contribution in [0.5, 0.6) is 0 Å². The van der Waals surface area contributed by atoms with Crippen molar-refractivity contribution in [2.24, 2.45) is 11.8 Å². The van der Waals surface area contributed by atoms with Gasteiger partial charge in [0.2, 0.25) is 0 Å². The number of halogens is 2. The molecule has 1 aliphatic carbocycles. The average Bonchev–Trinajstić information content (AvgIpc) is 3.04. The molecule has 1 fully saturated rings. The van der Waals surface area contributed by atoms with Crippen molar-refractivity contribution < 1.29 is 0 Å². The van der Waals surface area contributed by atoms with Gasteiger partial charge in [-0.1, -0.05) is 30.1 Å². The summed E-state index contributed by atoms with van der Waals surface area (Å²) in [6.45, 7) is 3.11. The third-order valence-corrected chi connectivity index (χ3v) is 3.57. The summed E-state index contributed by atoms with van der Waals surface area (Å²) in [4.78, 5) is 4.13. The fourth-order valence-corrected chi connectivity index (χ4v) is 2.12. The number of pyridine rings is 1. The molecular formula is C11H15Cl2N3. The summed E-state index contributed by atoms with van der Waals surface area (Å²) < 4.78 is 0. The molecule has 1 atom stereocenters. The molecule has 1 aromatic rings. The Labute approximate surface area is 105 Å². The molecule has 0 bridgehead atoms. The van der Waals surface area contributed by atoms with Gasteiger partial charge in [-0.3, -0.25) is 0 Å². The van der Waals surface area contributed by atoms with Gasteiger partial charge in [-0.15, -0.1) is 0 Å². The predicted octanol–water partition coefficient (Wildman–Crippen LogP) is 3.43. The summed E-state index contributed by atoms with van der Waals surface area (Å²) in [5.74, 6) is 2.44. The number of nitrogens with two attached hydrogens (primary N) is 1. The van der Waals surface area contributed by atoms with Crippen molar-refractivity contribution in [1.29, 1.82) is 0 Å². The summed E-state index contributed by atoms with van der Waals surface area (Å²) in [7, 11) is 0. The van der Waals surface area contributed by atoms with Gasteiger partial charge < -0.3 is 11.1 Å². The lowest BCUT2D eigenvalue weighted by Crippen LogP contribution is -2.14. The third-order valence-electron chi connectivity index (χ3n) is 2.97. The zero-order chi connectivity index (χ0) is 11.7. The number of aromatic nitrogens is 1. The smallest absolute Gasteiger partial charge is 0.147 e. The molecule has 5 heteroatoms. The summed E-state index contributed by atoms with van der Waals surface area (Å²) in [5, 5.41) is 4.13. The van der Waals surface area contributed by atoms with Gasteiger partial charge in [0.25, 0.3) is 0 Å². The Morgan fingerprint density at radius 3 is 2.81 bits per heavy atom. The van der Waals surface area contributed by atoms with Crippen LogP contribution in [0.1, 0.15) is 19.8 Å². The molecule has 1 unspecified atom stereocenters. The second kappa shape index (κ2) is 4.68. The highest BCUT2D eigenvalue weighted by molar-refractivity contribution is 6.37. The van der Waals surface area contributed by atoms with Gasteiger partial charge in [-0.2, -0.15) is 0 Å². The molecule has 16 heavy (non-hydrogen) atoms. The number of hydrogen-bond acceptors (Lipinski definition) is 3. The van der Waals surface area contributed by atoms with Crippen LogP contribution in [0, 0.1) is 11.8 Å². The zero-order valence-electron chi connectivity index (χ0n) is 9.13. The van der Waals surface area contributed by atoms with Crippen LogP contribution >= 0.6 is 23.2 Å². The van der Waals surface area contributed by atoms with E-state index in [0.717, 1.165) is 12.5 Å². The van der Waals surface area contributed by atoms with Gasteiger partial charge in [0.05, 0.1) is 10.0 Å². The topological polar surface area (TPSA) is 50.9 Å². The Kier molecular flexibility index (Phi) is 3.45. The Hall–Kier alpha value is -0.670. The number of rotatable bonds is 4. The van der Waals surface area contributed by atoms with E-state index in [1.807, 2.05) is 0 Å². The van der Waals surface area contributed by atoms with Gasteiger partial charge in [-0.05, 0) is 30.7 Å². The van der Waals surface area contributed by atoms with Crippen molar-refractivity contribution in [3.05, 3.63) is 16.1 Å². The zero-order valence-corrected chi connectivity index (χ0v) is 10.6. The van der Waals surface area contributed by atoms with Crippen molar-refractivity contribution in [3.63, 3.8) is 0 Å². The molecule has 1 aromatic heterocycles. The van der Waals surface area contributed by atoms with Gasteiger partial charge in [-0.25, -0.2) is 4.98 Å². The lowest BCUT2D eigenvalue weighted by atomic mass is 10.1. The van der Waals surface area contributed by atoms with Crippen LogP contribution in [-0.2, 0) is 0 Å². The lowest BCUT2D eigenvalue weighted by Gasteiger charge is -2.13. The maximum absolute atomic E-state index is 6.02. The quantitative estimate of drug-likeness (QED) is 0.871. The van der Waals surface area contributed by atoms with Gasteiger partial charge in [0.1, 0.15) is 11.6 Å². The van der Waals surface area contributed by atoms with E-state index in [1.54, 1.807) is 6.07 Å². The Morgan fingerprint density at radius 1 is 1.50 bits per heavy atom. The molecule has 0 aliphatic heterocycles. The number of nitrogen functional groups attached to an aromatic ring is 1. The number of nitrogens with zero attached hydrogens (tertiary/aromatic N) is 1. The van der Waals surface area contributed by atoms with Crippen molar-refractivity contribution in [3.8, 4) is 0 Å². The average molecular weight is 260 g/mol. The highest BCUT2D eigenvalue weighted by atomic mass is 35.5. The Balaban J connectivity index is 2.00. The second-order valence-electron chi connectivity index (χ2n) is 4.38. The van der Waals surface area contributed by atoms with Crippen LogP contribution in [0.2, 0.25) is 10.0 Å². The van der Waals surface area contributed by atoms with E-state index in [2.05, 4.69) is 17.2 Å². The molecule has 0 saturated heterocycles. The first-order chi connectivity index (χ1) is 7.58. The fraction of sp³-hybridized carbons (Fsp3) is 0.545. The molecule has 2 rings (SSSR count). The molecule has 1 heterocycles. The van der Waals surface area contributed by atoms with Crippen molar-refractivity contribution in [2.75, 3.05) is 17.6 Å². The highest BCUT2D eigenvalue weighted by Gasteiger charge is 2.27. The van der Waals surface area contributed by atoms with E-state index in [9.17, 15) is 0 Å². The van der Waals surface area contributed by atoms with E-state index in [-0.39, 0.29) is 0 Å². The normalized spacial score (nSPS) is 17.2. The van der Waals surface area contributed by atoms with E-state index in [1.165, 1.54) is 12.8 Å². The molecule has 1 saturated carbocycles. The summed E-state index contributed by atoms with van der Waals surface area (Å²) in [6.07, 6.45) is 2.68. The van der Waals surface area contributed by atoms with Gasteiger partial charge >= 0.3 is 0 Å². The molecule has 0 radical (unpaired) electrons. The number of nitrogens with one attached hydrogen (secondary N) is 1. The Bertz CT molecular complexity index is 391. The molecule has 88 valence electrons. The molecule has 0 spiro atoms. The van der Waals surface area contributed by atoms with Crippen LogP contribution in [0.3, 0.4) is 0 Å². The minimum atomic E-state index is 0.313. The third kappa shape index (κ3) is 2.71. The van der Waals surface area contributed by atoms with Crippen molar-refractivity contribution >= 4 is 34.8 Å². The molecular weight excluding hydrogens is 245 g/mol. The first-order valence-electron chi connectivity index (χ1n) is 5.43. The molecule has 3 N–H and O–H groups in total. The SMILES string of the molecule is CC(CNc1nc(N)c(Cl)cc1Cl)C1CC1. The van der Waals surface area contributed by atoms with Crippen LogP contribution in [-0.4, -0.2) is 11.5 Å².